The minimum Gasteiger partial charge on any atom is -0.484 e. The third kappa shape index (κ3) is 11.4. The normalized spacial score (nSPS) is 11.7. The Morgan fingerprint density at radius 2 is 1.88 bits per heavy atom. The maximum atomic E-state index is 12.3. The maximum Gasteiger partial charge on any atom is 0.422 e. The van der Waals surface area contributed by atoms with E-state index in [-0.39, 0.29) is 29.7 Å². The fourth-order valence-electron chi connectivity index (χ4n) is 2.03. The van der Waals surface area contributed by atoms with Gasteiger partial charge in [0.1, 0.15) is 5.75 Å². The van der Waals surface area contributed by atoms with Crippen molar-refractivity contribution >= 4 is 29.9 Å². The van der Waals surface area contributed by atoms with E-state index in [9.17, 15) is 13.2 Å². The molecular weight excluding hydrogens is 462 g/mol. The molecule has 150 valence electrons. The molecule has 0 unspecified atom stereocenters. The highest BCUT2D eigenvalue weighted by molar-refractivity contribution is 14.0. The van der Waals surface area contributed by atoms with Gasteiger partial charge >= 0.3 is 6.18 Å². The molecule has 26 heavy (non-hydrogen) atoms. The molecule has 0 amide bonds. The number of para-hydroxylation sites is 1. The Morgan fingerprint density at radius 3 is 2.54 bits per heavy atom. The van der Waals surface area contributed by atoms with Crippen molar-refractivity contribution in [2.24, 2.45) is 4.99 Å². The fourth-order valence-corrected chi connectivity index (χ4v) is 2.03. The Morgan fingerprint density at radius 1 is 1.15 bits per heavy atom. The molecule has 0 saturated heterocycles. The van der Waals surface area contributed by atoms with E-state index in [4.69, 9.17) is 9.47 Å². The first-order chi connectivity index (χ1) is 12.0. The monoisotopic (exact) mass is 489 g/mol. The molecule has 1 rings (SSSR count). The van der Waals surface area contributed by atoms with Crippen LogP contribution in [0.4, 0.5) is 13.2 Å². The molecule has 2 N–H and O–H groups in total. The molecule has 1 aromatic carbocycles. The number of guanidine groups is 1. The summed E-state index contributed by atoms with van der Waals surface area (Å²) in [6.45, 7) is 3.14. The van der Waals surface area contributed by atoms with Crippen LogP contribution in [0.25, 0.3) is 0 Å². The number of hydrogen-bond acceptors (Lipinski definition) is 3. The van der Waals surface area contributed by atoms with Crippen molar-refractivity contribution in [3.63, 3.8) is 0 Å². The quantitative estimate of drug-likeness (QED) is 0.228. The van der Waals surface area contributed by atoms with E-state index in [0.717, 1.165) is 26.0 Å². The lowest BCUT2D eigenvalue weighted by Crippen LogP contribution is -2.37. The number of hydrogen-bond donors (Lipinski definition) is 2. The van der Waals surface area contributed by atoms with Crippen LogP contribution in [-0.2, 0) is 11.3 Å². The SMILES string of the molecule is CCOCCCCNC(=NC)NCc1ccccc1OCC(F)(F)F.I. The number of benzene rings is 1. The molecule has 0 atom stereocenters. The molecule has 0 bridgehead atoms. The number of alkyl halides is 3. The first-order valence-electron chi connectivity index (χ1n) is 8.26. The lowest BCUT2D eigenvalue weighted by molar-refractivity contribution is -0.153. The van der Waals surface area contributed by atoms with E-state index in [0.29, 0.717) is 24.7 Å². The van der Waals surface area contributed by atoms with Crippen molar-refractivity contribution in [2.75, 3.05) is 33.4 Å². The zero-order valence-electron chi connectivity index (χ0n) is 15.1. The highest BCUT2D eigenvalue weighted by Gasteiger charge is 2.28. The average molecular weight is 489 g/mol. The summed E-state index contributed by atoms with van der Waals surface area (Å²) >= 11 is 0. The van der Waals surface area contributed by atoms with Gasteiger partial charge < -0.3 is 20.1 Å². The molecule has 0 aromatic heterocycles. The van der Waals surface area contributed by atoms with Gasteiger partial charge in [-0.2, -0.15) is 13.2 Å². The number of ether oxygens (including phenoxy) is 2. The van der Waals surface area contributed by atoms with Gasteiger partial charge in [0, 0.05) is 38.9 Å². The third-order valence-corrected chi connectivity index (χ3v) is 3.25. The maximum absolute atomic E-state index is 12.3. The molecule has 0 aliphatic heterocycles. The summed E-state index contributed by atoms with van der Waals surface area (Å²) in [5.41, 5.74) is 0.631. The summed E-state index contributed by atoms with van der Waals surface area (Å²) in [6.07, 6.45) is -2.47. The smallest absolute Gasteiger partial charge is 0.422 e. The summed E-state index contributed by atoms with van der Waals surface area (Å²) in [5.74, 6) is 0.793. The second kappa shape index (κ2) is 13.9. The highest BCUT2D eigenvalue weighted by atomic mass is 127. The van der Waals surface area contributed by atoms with Crippen molar-refractivity contribution in [1.82, 2.24) is 10.6 Å². The van der Waals surface area contributed by atoms with E-state index >= 15 is 0 Å². The Labute approximate surface area is 169 Å². The largest absolute Gasteiger partial charge is 0.484 e. The van der Waals surface area contributed by atoms with Gasteiger partial charge in [0.25, 0.3) is 0 Å². The van der Waals surface area contributed by atoms with E-state index in [1.807, 2.05) is 6.92 Å². The van der Waals surface area contributed by atoms with Crippen LogP contribution in [0.5, 0.6) is 5.75 Å². The van der Waals surface area contributed by atoms with Gasteiger partial charge in [0.2, 0.25) is 0 Å². The second-order valence-corrected chi connectivity index (χ2v) is 5.27. The topological polar surface area (TPSA) is 54.9 Å². The van der Waals surface area contributed by atoms with Crippen molar-refractivity contribution in [1.29, 1.82) is 0 Å². The first-order valence-corrected chi connectivity index (χ1v) is 8.26. The van der Waals surface area contributed by atoms with Crippen LogP contribution in [-0.4, -0.2) is 45.5 Å². The Kier molecular flexibility index (Phi) is 13.2. The Bertz CT molecular complexity index is 528. The van der Waals surface area contributed by atoms with Crippen molar-refractivity contribution in [3.8, 4) is 5.75 Å². The van der Waals surface area contributed by atoms with Gasteiger partial charge in [-0.3, -0.25) is 4.99 Å². The summed E-state index contributed by atoms with van der Waals surface area (Å²) in [7, 11) is 1.64. The number of nitrogens with zero attached hydrogens (tertiary/aromatic N) is 1. The van der Waals surface area contributed by atoms with Crippen LogP contribution in [0.3, 0.4) is 0 Å². The minimum absolute atomic E-state index is 0. The number of nitrogens with one attached hydrogen (secondary N) is 2. The van der Waals surface area contributed by atoms with Crippen molar-refractivity contribution in [3.05, 3.63) is 29.8 Å². The molecule has 0 aliphatic rings. The number of unbranched alkanes of at least 4 members (excludes halogenated alkanes) is 1. The number of rotatable bonds is 10. The average Bonchev–Trinajstić information content (AvgIpc) is 2.58. The molecular formula is C17H27F3IN3O2. The summed E-state index contributed by atoms with van der Waals surface area (Å²) < 4.78 is 47.1. The predicted molar refractivity (Wildman–Crippen MR) is 107 cm³/mol. The van der Waals surface area contributed by atoms with Crippen LogP contribution in [0.15, 0.2) is 29.3 Å². The molecule has 0 spiro atoms. The van der Waals surface area contributed by atoms with E-state index < -0.39 is 12.8 Å². The zero-order valence-corrected chi connectivity index (χ0v) is 17.4. The molecule has 0 radical (unpaired) electrons. The first kappa shape index (κ1) is 24.8. The predicted octanol–water partition coefficient (Wildman–Crippen LogP) is 3.73. The highest BCUT2D eigenvalue weighted by Crippen LogP contribution is 2.21. The van der Waals surface area contributed by atoms with Gasteiger partial charge in [-0.05, 0) is 25.8 Å². The molecule has 5 nitrogen and oxygen atoms in total. The lowest BCUT2D eigenvalue weighted by atomic mass is 10.2. The standard InChI is InChI=1S/C17H26F3N3O2.HI/c1-3-24-11-7-6-10-22-16(21-2)23-12-14-8-4-5-9-15(14)25-13-17(18,19)20;/h4-5,8-9H,3,6-7,10-13H2,1-2H3,(H2,21,22,23);1H. The molecule has 0 fully saturated rings. The molecule has 9 heteroatoms. The van der Waals surface area contributed by atoms with Crippen LogP contribution >= 0.6 is 24.0 Å². The minimum atomic E-state index is -4.36. The van der Waals surface area contributed by atoms with E-state index in [1.165, 1.54) is 6.07 Å². The van der Waals surface area contributed by atoms with E-state index in [2.05, 4.69) is 15.6 Å². The fraction of sp³-hybridized carbons (Fsp3) is 0.588. The van der Waals surface area contributed by atoms with E-state index in [1.54, 1.807) is 25.2 Å². The van der Waals surface area contributed by atoms with Gasteiger partial charge in [-0.15, -0.1) is 24.0 Å². The molecule has 0 aliphatic carbocycles. The zero-order chi connectivity index (χ0) is 18.5. The number of aliphatic imine (C=N–C) groups is 1. The van der Waals surface area contributed by atoms with Gasteiger partial charge in [0.15, 0.2) is 12.6 Å². The van der Waals surface area contributed by atoms with Crippen molar-refractivity contribution < 1.29 is 22.6 Å². The summed E-state index contributed by atoms with van der Waals surface area (Å²) in [6, 6.07) is 6.63. The molecule has 1 aromatic rings. The second-order valence-electron chi connectivity index (χ2n) is 5.27. The third-order valence-electron chi connectivity index (χ3n) is 3.25. The van der Waals surface area contributed by atoms with Gasteiger partial charge in [0.05, 0.1) is 0 Å². The van der Waals surface area contributed by atoms with Crippen LogP contribution in [0.1, 0.15) is 25.3 Å². The lowest BCUT2D eigenvalue weighted by Gasteiger charge is -2.15. The summed E-state index contributed by atoms with van der Waals surface area (Å²) in [4.78, 5) is 4.09. The summed E-state index contributed by atoms with van der Waals surface area (Å²) in [5, 5.41) is 6.23. The van der Waals surface area contributed by atoms with Crippen LogP contribution < -0.4 is 15.4 Å². The van der Waals surface area contributed by atoms with Crippen molar-refractivity contribution in [2.45, 2.75) is 32.5 Å². The Hall–Kier alpha value is -1.23. The molecule has 0 heterocycles. The van der Waals surface area contributed by atoms with Crippen LogP contribution in [0.2, 0.25) is 0 Å². The number of halogens is 4. The van der Waals surface area contributed by atoms with Gasteiger partial charge in [-0.1, -0.05) is 18.2 Å². The van der Waals surface area contributed by atoms with Crippen LogP contribution in [0, 0.1) is 0 Å². The van der Waals surface area contributed by atoms with Gasteiger partial charge in [-0.25, -0.2) is 0 Å². The molecule has 0 saturated carbocycles. The Balaban J connectivity index is 0.00000625.